The lowest BCUT2D eigenvalue weighted by Crippen LogP contribution is -1.99. The van der Waals surface area contributed by atoms with Gasteiger partial charge in [-0.05, 0) is 60.9 Å². The molecule has 2 rings (SSSR count). The van der Waals surface area contributed by atoms with Crippen LogP contribution in [-0.4, -0.2) is 10.2 Å². The monoisotopic (exact) mass is 366 g/mol. The molecule has 0 N–H and O–H groups in total. The first kappa shape index (κ1) is 21.6. The molecule has 0 amide bonds. The van der Waals surface area contributed by atoms with E-state index in [0.717, 1.165) is 11.6 Å². The van der Waals surface area contributed by atoms with Crippen molar-refractivity contribution in [1.29, 1.82) is 0 Å². The number of aryl methyl sites for hydroxylation is 2. The van der Waals surface area contributed by atoms with Crippen molar-refractivity contribution >= 4 is 0 Å². The summed E-state index contributed by atoms with van der Waals surface area (Å²) in [5.41, 5.74) is 5.25. The van der Waals surface area contributed by atoms with Gasteiger partial charge in [-0.3, -0.25) is 0 Å². The molecule has 2 heteroatoms. The maximum absolute atomic E-state index is 4.30. The average Bonchev–Trinajstić information content (AvgIpc) is 2.71. The Hall–Kier alpha value is -1.70. The van der Waals surface area contributed by atoms with Gasteiger partial charge in [-0.15, -0.1) is 0 Å². The summed E-state index contributed by atoms with van der Waals surface area (Å²) in [5, 5.41) is 8.34. The van der Waals surface area contributed by atoms with Crippen molar-refractivity contribution in [2.24, 2.45) is 5.92 Å². The third kappa shape index (κ3) is 7.82. The van der Waals surface area contributed by atoms with Crippen molar-refractivity contribution in [2.75, 3.05) is 0 Å². The summed E-state index contributed by atoms with van der Waals surface area (Å²) < 4.78 is 0. The molecule has 148 valence electrons. The van der Waals surface area contributed by atoms with E-state index >= 15 is 0 Å². The summed E-state index contributed by atoms with van der Waals surface area (Å²) in [4.78, 5) is 0. The van der Waals surface area contributed by atoms with Crippen LogP contribution >= 0.6 is 0 Å². The van der Waals surface area contributed by atoms with Crippen molar-refractivity contribution in [3.05, 3.63) is 47.7 Å². The standard InChI is InChI=1S/C25H38N2/c1-4-6-7-8-9-10-14-23-20-24(25-16-12-19-26-27-25)18-17-22(23)15-11-13-21(3)5-2/h12,16-21H,4-11,13-15H2,1-3H3/t21-/m0/s1. The molecule has 2 nitrogen and oxygen atoms in total. The van der Waals surface area contributed by atoms with E-state index in [4.69, 9.17) is 0 Å². The molecule has 1 heterocycles. The lowest BCUT2D eigenvalue weighted by Gasteiger charge is -2.13. The Morgan fingerprint density at radius 2 is 1.63 bits per heavy atom. The molecule has 2 aromatic rings. The second-order valence-electron chi connectivity index (χ2n) is 8.02. The van der Waals surface area contributed by atoms with Crippen LogP contribution in [0, 0.1) is 5.92 Å². The lowest BCUT2D eigenvalue weighted by molar-refractivity contribution is 0.495. The van der Waals surface area contributed by atoms with Crippen LogP contribution in [0.2, 0.25) is 0 Å². The van der Waals surface area contributed by atoms with Crippen LogP contribution in [0.5, 0.6) is 0 Å². The molecule has 0 aliphatic carbocycles. The predicted octanol–water partition coefficient (Wildman–Crippen LogP) is 7.42. The van der Waals surface area contributed by atoms with E-state index in [1.165, 1.54) is 81.8 Å². The van der Waals surface area contributed by atoms with Crippen LogP contribution in [0.3, 0.4) is 0 Å². The van der Waals surface area contributed by atoms with E-state index in [0.29, 0.717) is 0 Å². The minimum Gasteiger partial charge on any atom is -0.159 e. The van der Waals surface area contributed by atoms with Crippen molar-refractivity contribution < 1.29 is 0 Å². The summed E-state index contributed by atoms with van der Waals surface area (Å²) in [6.45, 7) is 6.95. The van der Waals surface area contributed by atoms with E-state index in [2.05, 4.69) is 55.2 Å². The van der Waals surface area contributed by atoms with E-state index < -0.39 is 0 Å². The molecule has 0 saturated heterocycles. The van der Waals surface area contributed by atoms with Gasteiger partial charge in [0.2, 0.25) is 0 Å². The average molecular weight is 367 g/mol. The fraction of sp³-hybridized carbons (Fsp3) is 0.600. The molecule has 1 aromatic carbocycles. The SMILES string of the molecule is CCCCCCCCc1cc(-c2cccnn2)ccc1CCC[C@@H](C)CC. The highest BCUT2D eigenvalue weighted by Crippen LogP contribution is 2.24. The van der Waals surface area contributed by atoms with Crippen LogP contribution < -0.4 is 0 Å². The first-order valence-corrected chi connectivity index (χ1v) is 11.1. The zero-order valence-electron chi connectivity index (χ0n) is 17.7. The Bertz CT molecular complexity index is 636. The molecule has 0 aliphatic rings. The highest BCUT2D eigenvalue weighted by Gasteiger charge is 2.08. The maximum atomic E-state index is 4.30. The first-order valence-electron chi connectivity index (χ1n) is 11.1. The molecule has 0 fully saturated rings. The second-order valence-corrected chi connectivity index (χ2v) is 8.02. The smallest absolute Gasteiger partial charge is 0.0929 e. The normalized spacial score (nSPS) is 12.3. The summed E-state index contributed by atoms with van der Waals surface area (Å²) in [5.74, 6) is 0.839. The molecular formula is C25H38N2. The molecule has 1 aromatic heterocycles. The number of hydrogen-bond acceptors (Lipinski definition) is 2. The lowest BCUT2D eigenvalue weighted by atomic mass is 9.92. The summed E-state index contributed by atoms with van der Waals surface area (Å²) >= 11 is 0. The number of aromatic nitrogens is 2. The van der Waals surface area contributed by atoms with Gasteiger partial charge in [0.25, 0.3) is 0 Å². The fourth-order valence-electron chi connectivity index (χ4n) is 3.66. The highest BCUT2D eigenvalue weighted by molar-refractivity contribution is 5.60. The van der Waals surface area contributed by atoms with Crippen LogP contribution in [-0.2, 0) is 12.8 Å². The van der Waals surface area contributed by atoms with Crippen LogP contribution in [0.25, 0.3) is 11.3 Å². The van der Waals surface area contributed by atoms with Gasteiger partial charge in [0.1, 0.15) is 0 Å². The van der Waals surface area contributed by atoms with Crippen molar-refractivity contribution in [1.82, 2.24) is 10.2 Å². The number of nitrogens with zero attached hydrogens (tertiary/aromatic N) is 2. The number of benzene rings is 1. The Morgan fingerprint density at radius 3 is 2.37 bits per heavy atom. The fourth-order valence-corrected chi connectivity index (χ4v) is 3.66. The Labute approximate surface area is 166 Å². The highest BCUT2D eigenvalue weighted by atomic mass is 15.1. The van der Waals surface area contributed by atoms with Gasteiger partial charge in [0.05, 0.1) is 5.69 Å². The number of hydrogen-bond donors (Lipinski definition) is 0. The molecule has 0 radical (unpaired) electrons. The minimum atomic E-state index is 0.839. The van der Waals surface area contributed by atoms with Gasteiger partial charge in [-0.2, -0.15) is 10.2 Å². The van der Waals surface area contributed by atoms with E-state index in [1.54, 1.807) is 11.8 Å². The maximum Gasteiger partial charge on any atom is 0.0929 e. The second kappa shape index (κ2) is 12.6. The summed E-state index contributed by atoms with van der Waals surface area (Å²) in [6.07, 6.45) is 16.2. The van der Waals surface area contributed by atoms with Crippen LogP contribution in [0.1, 0.15) is 89.7 Å². The van der Waals surface area contributed by atoms with E-state index in [-0.39, 0.29) is 0 Å². The van der Waals surface area contributed by atoms with E-state index in [9.17, 15) is 0 Å². The third-order valence-corrected chi connectivity index (χ3v) is 5.71. The summed E-state index contributed by atoms with van der Waals surface area (Å²) in [7, 11) is 0. The van der Waals surface area contributed by atoms with Crippen LogP contribution in [0.15, 0.2) is 36.5 Å². The minimum absolute atomic E-state index is 0.839. The van der Waals surface area contributed by atoms with Crippen molar-refractivity contribution in [3.63, 3.8) is 0 Å². The van der Waals surface area contributed by atoms with Crippen molar-refractivity contribution in [2.45, 2.75) is 91.4 Å². The molecule has 0 spiro atoms. The zero-order valence-corrected chi connectivity index (χ0v) is 17.7. The van der Waals surface area contributed by atoms with Gasteiger partial charge in [-0.25, -0.2) is 0 Å². The third-order valence-electron chi connectivity index (χ3n) is 5.71. The molecule has 0 bridgehead atoms. The van der Waals surface area contributed by atoms with Gasteiger partial charge < -0.3 is 0 Å². The summed E-state index contributed by atoms with van der Waals surface area (Å²) in [6, 6.07) is 11.0. The van der Waals surface area contributed by atoms with Gasteiger partial charge in [0, 0.05) is 11.8 Å². The zero-order chi connectivity index (χ0) is 19.3. The number of unbranched alkanes of at least 4 members (excludes halogenated alkanes) is 5. The van der Waals surface area contributed by atoms with Crippen LogP contribution in [0.4, 0.5) is 0 Å². The van der Waals surface area contributed by atoms with E-state index in [1.807, 2.05) is 6.07 Å². The molecule has 27 heavy (non-hydrogen) atoms. The first-order chi connectivity index (χ1) is 13.2. The topological polar surface area (TPSA) is 25.8 Å². The van der Waals surface area contributed by atoms with Gasteiger partial charge in [-0.1, -0.05) is 77.8 Å². The Kier molecular flexibility index (Phi) is 10.1. The Morgan fingerprint density at radius 1 is 0.852 bits per heavy atom. The quantitative estimate of drug-likeness (QED) is 0.345. The Balaban J connectivity index is 2.02. The largest absolute Gasteiger partial charge is 0.159 e. The van der Waals surface area contributed by atoms with Crippen molar-refractivity contribution in [3.8, 4) is 11.3 Å². The molecule has 0 unspecified atom stereocenters. The molecule has 0 saturated carbocycles. The van der Waals surface area contributed by atoms with Gasteiger partial charge in [0.15, 0.2) is 0 Å². The number of rotatable bonds is 13. The molecular weight excluding hydrogens is 328 g/mol. The van der Waals surface area contributed by atoms with Gasteiger partial charge >= 0.3 is 0 Å². The molecule has 1 atom stereocenters. The predicted molar refractivity (Wildman–Crippen MR) is 117 cm³/mol. The molecule has 0 aliphatic heterocycles.